The number of rotatable bonds is 13. The molecule has 248 valence electrons. The van der Waals surface area contributed by atoms with Crippen molar-refractivity contribution in [3.8, 4) is 0 Å². The molecule has 0 radical (unpaired) electrons. The van der Waals surface area contributed by atoms with Crippen molar-refractivity contribution in [1.29, 1.82) is 0 Å². The van der Waals surface area contributed by atoms with Gasteiger partial charge >= 0.3 is 0 Å². The predicted molar refractivity (Wildman–Crippen MR) is 206 cm³/mol. The van der Waals surface area contributed by atoms with Gasteiger partial charge in [-0.2, -0.15) is 21.9 Å². The molecule has 0 amide bonds. The summed E-state index contributed by atoms with van der Waals surface area (Å²) in [4.78, 5) is 1.95. The Bertz CT molecular complexity index is 1650. The lowest BCUT2D eigenvalue weighted by atomic mass is 9.13. The summed E-state index contributed by atoms with van der Waals surface area (Å²) in [7, 11) is 0. The minimum atomic E-state index is -1.22. The van der Waals surface area contributed by atoms with Crippen LogP contribution in [0.5, 0.6) is 0 Å². The molecule has 5 aromatic carbocycles. The van der Waals surface area contributed by atoms with Gasteiger partial charge in [0.05, 0.1) is 13.2 Å². The second-order valence-corrected chi connectivity index (χ2v) is 12.0. The molecule has 6 heteroatoms. The largest absolute Gasteiger partial charge is 0.395 e. The van der Waals surface area contributed by atoms with Crippen LogP contribution in [0.1, 0.15) is 11.1 Å². The Morgan fingerprint density at radius 1 is 0.449 bits per heavy atom. The van der Waals surface area contributed by atoms with E-state index in [0.717, 1.165) is 16.8 Å². The molecule has 0 atom stereocenters. The number of aliphatic hydroxyl groups excluding tert-OH is 3. The van der Waals surface area contributed by atoms with Gasteiger partial charge in [-0.05, 0) is 23.3 Å². The van der Waals surface area contributed by atoms with Crippen LogP contribution in [0.3, 0.4) is 0 Å². The second kappa shape index (κ2) is 18.3. The van der Waals surface area contributed by atoms with Crippen LogP contribution in [0.15, 0.2) is 170 Å². The van der Waals surface area contributed by atoms with Crippen molar-refractivity contribution in [2.24, 2.45) is 0 Å². The van der Waals surface area contributed by atoms with Gasteiger partial charge in [-0.25, -0.2) is 4.57 Å². The molecule has 0 aliphatic carbocycles. The van der Waals surface area contributed by atoms with Crippen molar-refractivity contribution in [1.82, 2.24) is 0 Å². The van der Waals surface area contributed by atoms with E-state index < -0.39 is 6.15 Å². The molecule has 1 heterocycles. The average molecular weight is 649 g/mol. The number of benzene rings is 5. The molecule has 49 heavy (non-hydrogen) atoms. The second-order valence-electron chi connectivity index (χ2n) is 12.0. The fourth-order valence-electron chi connectivity index (χ4n) is 6.57. The molecular weight excluding hydrogens is 603 g/mol. The van der Waals surface area contributed by atoms with Gasteiger partial charge in [-0.3, -0.25) is 0 Å². The van der Waals surface area contributed by atoms with Crippen molar-refractivity contribution in [2.75, 3.05) is 37.8 Å². The van der Waals surface area contributed by atoms with E-state index in [-0.39, 0.29) is 19.8 Å². The third-order valence-electron chi connectivity index (χ3n) is 8.94. The van der Waals surface area contributed by atoms with Crippen LogP contribution in [-0.2, 0) is 6.54 Å². The number of anilines is 1. The summed E-state index contributed by atoms with van der Waals surface area (Å²) in [6.07, 6.45) is 6.75. The summed E-state index contributed by atoms with van der Waals surface area (Å²) < 4.78 is 1.93. The highest BCUT2D eigenvalue weighted by atomic mass is 16.3. The third-order valence-corrected chi connectivity index (χ3v) is 8.94. The van der Waals surface area contributed by atoms with Crippen molar-refractivity contribution >= 4 is 45.8 Å². The number of aliphatic hydroxyl groups is 3. The third kappa shape index (κ3) is 9.01. The maximum Gasteiger partial charge on any atom is 0.171 e. The molecule has 0 aliphatic rings. The minimum absolute atomic E-state index is 0.0615. The van der Waals surface area contributed by atoms with E-state index in [1.54, 1.807) is 0 Å². The van der Waals surface area contributed by atoms with Crippen molar-refractivity contribution in [3.05, 3.63) is 181 Å². The highest BCUT2D eigenvalue weighted by Crippen LogP contribution is 2.17. The van der Waals surface area contributed by atoms with E-state index in [1.807, 2.05) is 70.4 Å². The standard InChI is InChI=1S/C24H20B.C19H25N2O3/c1-5-13-21(14-6-1)25(22-15-7-2-8-16-22,23-17-9-3-10-18-23)24-19-11-4-12-20-24;22-14-11-20-9-7-18(8-10-20)2-1-17-3-5-19(6-4-17)21(12-15-23)13-16-24/h1-20H;1-10,22-24H,11-16H2/q-1;+1. The van der Waals surface area contributed by atoms with Crippen LogP contribution in [0.25, 0.3) is 12.2 Å². The van der Waals surface area contributed by atoms with Gasteiger partial charge in [0.2, 0.25) is 0 Å². The number of hydrogen-bond acceptors (Lipinski definition) is 4. The minimum Gasteiger partial charge on any atom is -0.395 e. The number of pyridine rings is 1. The van der Waals surface area contributed by atoms with Gasteiger partial charge in [-0.15, -0.1) is 0 Å². The Morgan fingerprint density at radius 3 is 1.16 bits per heavy atom. The molecule has 1 aromatic heterocycles. The van der Waals surface area contributed by atoms with Crippen molar-refractivity contribution in [2.45, 2.75) is 6.54 Å². The number of aromatic nitrogens is 1. The van der Waals surface area contributed by atoms with Gasteiger partial charge in [0, 0.05) is 30.9 Å². The van der Waals surface area contributed by atoms with Crippen molar-refractivity contribution < 1.29 is 19.9 Å². The highest BCUT2D eigenvalue weighted by molar-refractivity contribution is 7.19. The molecule has 0 aliphatic heterocycles. The maximum absolute atomic E-state index is 9.09. The van der Waals surface area contributed by atoms with Crippen LogP contribution in [0.2, 0.25) is 0 Å². The molecule has 0 bridgehead atoms. The fourth-order valence-corrected chi connectivity index (χ4v) is 6.57. The number of nitrogens with zero attached hydrogens (tertiary/aromatic N) is 2. The van der Waals surface area contributed by atoms with E-state index in [2.05, 4.69) is 121 Å². The Balaban J connectivity index is 0.000000191. The summed E-state index contributed by atoms with van der Waals surface area (Å²) in [5.74, 6) is 0. The SMILES string of the molecule is OCCN(CCO)c1ccc(/C=C/c2cc[n+](CCO)cc2)cc1.c1ccc([B-](c2ccccc2)(c2ccccc2)c2ccccc2)cc1. The highest BCUT2D eigenvalue weighted by Gasteiger charge is 2.31. The van der Waals surface area contributed by atoms with E-state index in [1.165, 1.54) is 21.9 Å². The van der Waals surface area contributed by atoms with Crippen LogP contribution in [-0.4, -0.2) is 54.4 Å². The summed E-state index contributed by atoms with van der Waals surface area (Å²) in [5.41, 5.74) is 8.52. The lowest BCUT2D eigenvalue weighted by Gasteiger charge is -2.44. The molecule has 0 fully saturated rings. The molecule has 6 rings (SSSR count). The first-order chi connectivity index (χ1) is 24.2. The molecular formula is C43H45BN2O3. The van der Waals surface area contributed by atoms with Crippen LogP contribution < -0.4 is 31.3 Å². The Hall–Kier alpha value is -5.27. The van der Waals surface area contributed by atoms with Gasteiger partial charge < -0.3 is 20.2 Å². The zero-order valence-electron chi connectivity index (χ0n) is 27.9. The Labute approximate surface area is 290 Å². The maximum atomic E-state index is 9.09. The molecule has 3 N–H and O–H groups in total. The summed E-state index contributed by atoms with van der Waals surface area (Å²) >= 11 is 0. The Kier molecular flexibility index (Phi) is 13.1. The number of hydrogen-bond donors (Lipinski definition) is 3. The van der Waals surface area contributed by atoms with Crippen LogP contribution >= 0.6 is 0 Å². The molecule has 0 saturated carbocycles. The molecule has 0 saturated heterocycles. The first-order valence-electron chi connectivity index (χ1n) is 16.9. The molecule has 0 spiro atoms. The van der Waals surface area contributed by atoms with Gasteiger partial charge in [-0.1, -0.05) is 146 Å². The average Bonchev–Trinajstić information content (AvgIpc) is 3.17. The van der Waals surface area contributed by atoms with E-state index >= 15 is 0 Å². The summed E-state index contributed by atoms with van der Waals surface area (Å²) in [6.45, 7) is 1.87. The van der Waals surface area contributed by atoms with Crippen LogP contribution in [0, 0.1) is 0 Å². The van der Waals surface area contributed by atoms with Gasteiger partial charge in [0.1, 0.15) is 12.8 Å². The first-order valence-corrected chi connectivity index (χ1v) is 16.9. The lowest BCUT2D eigenvalue weighted by molar-refractivity contribution is -0.698. The molecule has 0 unspecified atom stereocenters. The summed E-state index contributed by atoms with van der Waals surface area (Å²) in [6, 6.07) is 55.6. The normalized spacial score (nSPS) is 11.2. The zero-order valence-corrected chi connectivity index (χ0v) is 27.9. The molecule has 5 nitrogen and oxygen atoms in total. The van der Waals surface area contributed by atoms with Crippen LogP contribution in [0.4, 0.5) is 5.69 Å². The summed E-state index contributed by atoms with van der Waals surface area (Å²) in [5, 5.41) is 27.1. The smallest absolute Gasteiger partial charge is 0.171 e. The molecule has 6 aromatic rings. The quantitative estimate of drug-likeness (QED) is 0.131. The van der Waals surface area contributed by atoms with Gasteiger partial charge in [0.15, 0.2) is 18.9 Å². The van der Waals surface area contributed by atoms with Crippen molar-refractivity contribution in [3.63, 3.8) is 0 Å². The monoisotopic (exact) mass is 648 g/mol. The van der Waals surface area contributed by atoms with E-state index in [4.69, 9.17) is 15.3 Å². The zero-order chi connectivity index (χ0) is 34.2. The lowest BCUT2D eigenvalue weighted by Crippen LogP contribution is -2.74. The first kappa shape index (κ1) is 35.1. The van der Waals surface area contributed by atoms with E-state index in [0.29, 0.717) is 19.6 Å². The van der Waals surface area contributed by atoms with E-state index in [9.17, 15) is 0 Å². The fraction of sp³-hybridized carbons (Fsp3) is 0.140. The predicted octanol–water partition coefficient (Wildman–Crippen LogP) is 3.99. The topological polar surface area (TPSA) is 67.8 Å². The van der Waals surface area contributed by atoms with Gasteiger partial charge in [0.25, 0.3) is 0 Å². The Morgan fingerprint density at radius 2 is 0.816 bits per heavy atom.